The van der Waals surface area contributed by atoms with Crippen molar-refractivity contribution in [2.45, 2.75) is 45.6 Å². The summed E-state index contributed by atoms with van der Waals surface area (Å²) in [4.78, 5) is 11.2. The first-order valence-corrected chi connectivity index (χ1v) is 6.85. The quantitative estimate of drug-likeness (QED) is 0.877. The van der Waals surface area contributed by atoms with Crippen molar-refractivity contribution in [1.82, 2.24) is 0 Å². The van der Waals surface area contributed by atoms with E-state index in [1.807, 2.05) is 0 Å². The van der Waals surface area contributed by atoms with Crippen molar-refractivity contribution < 1.29 is 9.18 Å². The maximum atomic E-state index is 13.8. The van der Waals surface area contributed by atoms with Gasteiger partial charge in [-0.1, -0.05) is 12.8 Å². The Hall–Kier alpha value is -1.58. The summed E-state index contributed by atoms with van der Waals surface area (Å²) in [7, 11) is 0. The first-order chi connectivity index (χ1) is 8.99. The molecular weight excluding hydrogens is 243 g/mol. The number of nitrogens with one attached hydrogen (secondary N) is 1. The van der Waals surface area contributed by atoms with Crippen molar-refractivity contribution in [2.24, 2.45) is 11.7 Å². The van der Waals surface area contributed by atoms with E-state index in [9.17, 15) is 9.18 Å². The molecule has 1 amide bonds. The topological polar surface area (TPSA) is 55.1 Å². The Morgan fingerprint density at radius 3 is 2.63 bits per heavy atom. The largest absolute Gasteiger partial charge is 0.382 e. The van der Waals surface area contributed by atoms with Gasteiger partial charge >= 0.3 is 0 Å². The van der Waals surface area contributed by atoms with E-state index in [0.29, 0.717) is 17.2 Å². The molecule has 1 aliphatic carbocycles. The predicted molar refractivity (Wildman–Crippen MR) is 74.7 cm³/mol. The molecular formula is C15H21FN2O. The lowest BCUT2D eigenvalue weighted by molar-refractivity contribution is 0.1000. The second kappa shape index (κ2) is 5.59. The molecule has 1 aliphatic rings. The summed E-state index contributed by atoms with van der Waals surface area (Å²) in [6.07, 6.45) is 4.97. The molecule has 1 saturated carbocycles. The van der Waals surface area contributed by atoms with Crippen molar-refractivity contribution in [2.75, 3.05) is 5.32 Å². The van der Waals surface area contributed by atoms with Gasteiger partial charge in [0, 0.05) is 22.9 Å². The molecule has 1 unspecified atom stereocenters. The number of rotatable bonds is 4. The minimum atomic E-state index is -0.601. The number of amides is 1. The fraction of sp³-hybridized carbons (Fsp3) is 0.533. The van der Waals surface area contributed by atoms with Crippen molar-refractivity contribution in [3.63, 3.8) is 0 Å². The zero-order valence-corrected chi connectivity index (χ0v) is 11.5. The van der Waals surface area contributed by atoms with E-state index in [4.69, 9.17) is 5.73 Å². The first kappa shape index (κ1) is 13.8. The van der Waals surface area contributed by atoms with Crippen LogP contribution >= 0.6 is 0 Å². The van der Waals surface area contributed by atoms with E-state index in [2.05, 4.69) is 12.2 Å². The van der Waals surface area contributed by atoms with E-state index < -0.39 is 11.7 Å². The molecule has 0 bridgehead atoms. The van der Waals surface area contributed by atoms with Crippen LogP contribution in [0.2, 0.25) is 0 Å². The molecule has 1 aromatic rings. The fourth-order valence-electron chi connectivity index (χ4n) is 2.79. The molecule has 0 aromatic heterocycles. The summed E-state index contributed by atoms with van der Waals surface area (Å²) in [6, 6.07) is 3.12. The second-order valence-corrected chi connectivity index (χ2v) is 5.47. The van der Waals surface area contributed by atoms with Gasteiger partial charge in [-0.15, -0.1) is 0 Å². The van der Waals surface area contributed by atoms with Crippen LogP contribution in [0.1, 0.15) is 48.5 Å². The highest BCUT2D eigenvalue weighted by molar-refractivity contribution is 5.94. The lowest BCUT2D eigenvalue weighted by Gasteiger charge is -2.23. The van der Waals surface area contributed by atoms with E-state index in [1.165, 1.54) is 31.7 Å². The van der Waals surface area contributed by atoms with Crippen molar-refractivity contribution in [3.8, 4) is 0 Å². The minimum Gasteiger partial charge on any atom is -0.382 e. The van der Waals surface area contributed by atoms with E-state index >= 15 is 0 Å². The maximum absolute atomic E-state index is 13.8. The summed E-state index contributed by atoms with van der Waals surface area (Å²) in [6.45, 7) is 3.83. The zero-order valence-electron chi connectivity index (χ0n) is 11.5. The van der Waals surface area contributed by atoms with Crippen molar-refractivity contribution in [3.05, 3.63) is 29.1 Å². The molecule has 0 heterocycles. The van der Waals surface area contributed by atoms with Crippen LogP contribution in [0.25, 0.3) is 0 Å². The molecule has 0 aliphatic heterocycles. The molecule has 3 N–H and O–H groups in total. The van der Waals surface area contributed by atoms with Crippen LogP contribution in [0.5, 0.6) is 0 Å². The smallest absolute Gasteiger partial charge is 0.248 e. The Labute approximate surface area is 113 Å². The highest BCUT2D eigenvalue weighted by atomic mass is 19.1. The number of primary amides is 1. The lowest BCUT2D eigenvalue weighted by Crippen LogP contribution is -2.25. The predicted octanol–water partition coefficient (Wildman–Crippen LogP) is 3.22. The molecule has 1 aromatic carbocycles. The molecule has 3 nitrogen and oxygen atoms in total. The highest BCUT2D eigenvalue weighted by Gasteiger charge is 2.22. The van der Waals surface area contributed by atoms with Crippen LogP contribution in [0.4, 0.5) is 10.1 Å². The lowest BCUT2D eigenvalue weighted by atomic mass is 9.98. The number of halogens is 1. The molecule has 0 spiro atoms. The van der Waals surface area contributed by atoms with Crippen molar-refractivity contribution >= 4 is 11.6 Å². The van der Waals surface area contributed by atoms with E-state index in [-0.39, 0.29) is 11.6 Å². The molecule has 104 valence electrons. The number of hydrogen-bond acceptors (Lipinski definition) is 2. The van der Waals surface area contributed by atoms with Gasteiger partial charge in [-0.2, -0.15) is 0 Å². The molecule has 4 heteroatoms. The zero-order chi connectivity index (χ0) is 14.0. The molecule has 0 saturated heterocycles. The Morgan fingerprint density at radius 1 is 1.42 bits per heavy atom. The van der Waals surface area contributed by atoms with Crippen molar-refractivity contribution in [1.29, 1.82) is 0 Å². The van der Waals surface area contributed by atoms with Crippen LogP contribution in [0.3, 0.4) is 0 Å². The van der Waals surface area contributed by atoms with Gasteiger partial charge < -0.3 is 11.1 Å². The molecule has 1 atom stereocenters. The van der Waals surface area contributed by atoms with Gasteiger partial charge in [0.05, 0.1) is 0 Å². The van der Waals surface area contributed by atoms with Gasteiger partial charge in [0.25, 0.3) is 0 Å². The second-order valence-electron chi connectivity index (χ2n) is 5.47. The number of carbonyl (C=O) groups excluding carboxylic acids is 1. The third-order valence-electron chi connectivity index (χ3n) is 4.12. The summed E-state index contributed by atoms with van der Waals surface area (Å²) < 4.78 is 13.8. The minimum absolute atomic E-state index is 0.212. The van der Waals surface area contributed by atoms with Crippen LogP contribution in [0.15, 0.2) is 12.1 Å². The van der Waals surface area contributed by atoms with Crippen LogP contribution in [0, 0.1) is 18.7 Å². The molecule has 1 fully saturated rings. The fourth-order valence-corrected chi connectivity index (χ4v) is 2.79. The third kappa shape index (κ3) is 3.06. The van der Waals surface area contributed by atoms with E-state index in [0.717, 1.165) is 0 Å². The van der Waals surface area contributed by atoms with Crippen LogP contribution in [-0.4, -0.2) is 11.9 Å². The summed E-state index contributed by atoms with van der Waals surface area (Å²) in [5, 5.41) is 3.34. The van der Waals surface area contributed by atoms with Gasteiger partial charge in [-0.3, -0.25) is 4.79 Å². The number of carbonyl (C=O) groups is 1. The van der Waals surface area contributed by atoms with Crippen LogP contribution < -0.4 is 11.1 Å². The van der Waals surface area contributed by atoms with E-state index in [1.54, 1.807) is 13.0 Å². The first-order valence-electron chi connectivity index (χ1n) is 6.85. The Morgan fingerprint density at radius 2 is 2.05 bits per heavy atom. The number of nitrogens with two attached hydrogens (primary N) is 1. The standard InChI is InChI=1S/C15H21FN2O/c1-9-13(16)7-12(15(17)19)8-14(9)18-10(2)11-5-3-4-6-11/h7-8,10-11,18H,3-6H2,1-2H3,(H2,17,19). The normalized spacial score (nSPS) is 17.4. The summed E-state index contributed by atoms with van der Waals surface area (Å²) >= 11 is 0. The third-order valence-corrected chi connectivity index (χ3v) is 4.12. The van der Waals surface area contributed by atoms with Gasteiger partial charge in [-0.25, -0.2) is 4.39 Å². The Balaban J connectivity index is 2.20. The molecule has 0 radical (unpaired) electrons. The van der Waals surface area contributed by atoms with Gasteiger partial charge in [-0.05, 0) is 44.7 Å². The molecule has 19 heavy (non-hydrogen) atoms. The number of anilines is 1. The highest BCUT2D eigenvalue weighted by Crippen LogP contribution is 2.30. The van der Waals surface area contributed by atoms with Gasteiger partial charge in [0.2, 0.25) is 5.91 Å². The SMILES string of the molecule is Cc1c(F)cc(C(N)=O)cc1NC(C)C1CCCC1. The summed E-state index contributed by atoms with van der Waals surface area (Å²) in [5.74, 6) is -0.368. The average molecular weight is 264 g/mol. The average Bonchev–Trinajstić information content (AvgIpc) is 2.88. The number of hydrogen-bond donors (Lipinski definition) is 2. The maximum Gasteiger partial charge on any atom is 0.248 e. The number of benzene rings is 1. The monoisotopic (exact) mass is 264 g/mol. The van der Waals surface area contributed by atoms with Gasteiger partial charge in [0.1, 0.15) is 5.82 Å². The summed E-state index contributed by atoms with van der Waals surface area (Å²) in [5.41, 5.74) is 6.64. The molecule has 2 rings (SSSR count). The van der Waals surface area contributed by atoms with Crippen LogP contribution in [-0.2, 0) is 0 Å². The van der Waals surface area contributed by atoms with Gasteiger partial charge in [0.15, 0.2) is 0 Å². The Kier molecular flexibility index (Phi) is 4.08. The Bertz CT molecular complexity index is 481.